The molecule has 0 amide bonds. The predicted octanol–water partition coefficient (Wildman–Crippen LogP) is 1.76. The van der Waals surface area contributed by atoms with Crippen molar-refractivity contribution in [1.29, 1.82) is 0 Å². The lowest BCUT2D eigenvalue weighted by Gasteiger charge is -2.05. The van der Waals surface area contributed by atoms with Crippen LogP contribution >= 0.6 is 11.3 Å². The summed E-state index contributed by atoms with van der Waals surface area (Å²) in [7, 11) is -3.48. The van der Waals surface area contributed by atoms with E-state index in [2.05, 4.69) is 4.72 Å². The van der Waals surface area contributed by atoms with Crippen molar-refractivity contribution in [2.24, 2.45) is 0 Å². The van der Waals surface area contributed by atoms with Crippen LogP contribution in [0.25, 0.3) is 0 Å². The number of rotatable bonds is 8. The zero-order valence-electron chi connectivity index (χ0n) is 10.2. The number of thiophene rings is 1. The molecule has 0 aliphatic heterocycles. The van der Waals surface area contributed by atoms with E-state index in [1.54, 1.807) is 11.4 Å². The van der Waals surface area contributed by atoms with Crippen LogP contribution in [0.4, 0.5) is 0 Å². The van der Waals surface area contributed by atoms with E-state index in [1.165, 1.54) is 6.07 Å². The van der Waals surface area contributed by atoms with E-state index in [9.17, 15) is 13.2 Å². The molecule has 1 heterocycles. The van der Waals surface area contributed by atoms with E-state index >= 15 is 0 Å². The fraction of sp³-hybridized carbons (Fsp3) is 0.545. The van der Waals surface area contributed by atoms with Crippen LogP contribution in [0.2, 0.25) is 0 Å². The van der Waals surface area contributed by atoms with Gasteiger partial charge in [-0.05, 0) is 17.9 Å². The van der Waals surface area contributed by atoms with Gasteiger partial charge in [-0.1, -0.05) is 19.4 Å². The van der Waals surface area contributed by atoms with Crippen LogP contribution in [0.3, 0.4) is 0 Å². The molecule has 0 radical (unpaired) electrons. The smallest absolute Gasteiger partial charge is 0.307 e. The summed E-state index contributed by atoms with van der Waals surface area (Å²) in [5.41, 5.74) is 0. The molecular weight excluding hydrogens is 274 g/mol. The highest BCUT2D eigenvalue weighted by atomic mass is 32.2. The Hall–Kier alpha value is -0.920. The number of unbranched alkanes of at least 4 members (excludes halogenated alkanes) is 1. The third kappa shape index (κ3) is 5.16. The first-order chi connectivity index (χ1) is 8.56. The summed E-state index contributed by atoms with van der Waals surface area (Å²) in [6.45, 7) is 2.46. The summed E-state index contributed by atoms with van der Waals surface area (Å²) in [4.78, 5) is 11.2. The molecule has 5 nitrogen and oxygen atoms in total. The van der Waals surface area contributed by atoms with Gasteiger partial charge in [-0.2, -0.15) is 0 Å². The van der Waals surface area contributed by atoms with Crippen molar-refractivity contribution in [3.05, 3.63) is 17.5 Å². The molecule has 18 heavy (non-hydrogen) atoms. The molecule has 1 rings (SSSR count). The van der Waals surface area contributed by atoms with Gasteiger partial charge in [0.05, 0.1) is 13.0 Å². The fourth-order valence-corrected chi connectivity index (χ4v) is 3.25. The molecule has 0 spiro atoms. The van der Waals surface area contributed by atoms with Crippen molar-refractivity contribution in [3.63, 3.8) is 0 Å². The fourth-order valence-electron chi connectivity index (χ4n) is 1.18. The maximum atomic E-state index is 11.7. The van der Waals surface area contributed by atoms with Crippen molar-refractivity contribution in [2.45, 2.75) is 30.4 Å². The van der Waals surface area contributed by atoms with Gasteiger partial charge in [0.15, 0.2) is 0 Å². The molecule has 0 saturated carbocycles. The minimum Gasteiger partial charge on any atom is -0.466 e. The second-order valence-electron chi connectivity index (χ2n) is 3.65. The number of esters is 1. The molecule has 102 valence electrons. The third-order valence-corrected chi connectivity index (χ3v) is 5.00. The minimum absolute atomic E-state index is 0.0499. The normalized spacial score (nSPS) is 11.4. The molecule has 0 fully saturated rings. The average molecular weight is 291 g/mol. The van der Waals surface area contributed by atoms with E-state index in [0.29, 0.717) is 6.61 Å². The molecule has 7 heteroatoms. The number of ether oxygens (including phenoxy) is 1. The summed E-state index contributed by atoms with van der Waals surface area (Å²) in [5.74, 6) is -0.377. The lowest BCUT2D eigenvalue weighted by molar-refractivity contribution is -0.143. The SMILES string of the molecule is CCCCOC(=O)CCNS(=O)(=O)c1cccs1. The van der Waals surface area contributed by atoms with Gasteiger partial charge in [0.25, 0.3) is 0 Å². The van der Waals surface area contributed by atoms with Crippen LogP contribution in [-0.4, -0.2) is 27.5 Å². The number of carbonyl (C=O) groups is 1. The van der Waals surface area contributed by atoms with Crippen molar-refractivity contribution in [3.8, 4) is 0 Å². The second kappa shape index (κ2) is 7.50. The summed E-state index contributed by atoms with van der Waals surface area (Å²) in [6, 6.07) is 3.19. The van der Waals surface area contributed by atoms with Gasteiger partial charge in [0.1, 0.15) is 4.21 Å². The highest BCUT2D eigenvalue weighted by Gasteiger charge is 2.15. The van der Waals surface area contributed by atoms with Gasteiger partial charge in [0, 0.05) is 6.54 Å². The Kier molecular flexibility index (Phi) is 6.31. The first-order valence-corrected chi connectivity index (χ1v) is 8.11. The predicted molar refractivity (Wildman–Crippen MR) is 70.0 cm³/mol. The van der Waals surface area contributed by atoms with Gasteiger partial charge in [0.2, 0.25) is 10.0 Å². The molecule has 1 aromatic rings. The summed E-state index contributed by atoms with van der Waals surface area (Å²) in [6.07, 6.45) is 1.83. The zero-order chi connectivity index (χ0) is 13.4. The van der Waals surface area contributed by atoms with Crippen LogP contribution in [0, 0.1) is 0 Å². The van der Waals surface area contributed by atoms with Crippen molar-refractivity contribution in [1.82, 2.24) is 4.72 Å². The molecule has 0 atom stereocenters. The van der Waals surface area contributed by atoms with Crippen molar-refractivity contribution >= 4 is 27.3 Å². The molecular formula is C11H17NO4S2. The quantitative estimate of drug-likeness (QED) is 0.585. The van der Waals surface area contributed by atoms with Gasteiger partial charge in [-0.15, -0.1) is 11.3 Å². The lowest BCUT2D eigenvalue weighted by Crippen LogP contribution is -2.26. The van der Waals surface area contributed by atoms with Crippen LogP contribution in [0.1, 0.15) is 26.2 Å². The number of carbonyl (C=O) groups excluding carboxylic acids is 1. The Morgan fingerprint density at radius 3 is 2.89 bits per heavy atom. The summed E-state index contributed by atoms with van der Waals surface area (Å²) < 4.78 is 30.9. The van der Waals surface area contributed by atoms with E-state index < -0.39 is 10.0 Å². The van der Waals surface area contributed by atoms with Crippen LogP contribution in [0.15, 0.2) is 21.7 Å². The van der Waals surface area contributed by atoms with Crippen molar-refractivity contribution in [2.75, 3.05) is 13.2 Å². The number of sulfonamides is 1. The third-order valence-electron chi connectivity index (χ3n) is 2.14. The van der Waals surface area contributed by atoms with Crippen LogP contribution in [0.5, 0.6) is 0 Å². The van der Waals surface area contributed by atoms with Gasteiger partial charge in [-0.25, -0.2) is 13.1 Å². The number of hydrogen-bond donors (Lipinski definition) is 1. The molecule has 0 saturated heterocycles. The summed E-state index contributed by atoms with van der Waals surface area (Å²) >= 11 is 1.14. The first kappa shape index (κ1) is 15.1. The second-order valence-corrected chi connectivity index (χ2v) is 6.60. The number of hydrogen-bond acceptors (Lipinski definition) is 5. The number of nitrogens with one attached hydrogen (secondary N) is 1. The Morgan fingerprint density at radius 2 is 2.28 bits per heavy atom. The monoisotopic (exact) mass is 291 g/mol. The molecule has 0 aromatic carbocycles. The van der Waals surface area contributed by atoms with E-state index in [4.69, 9.17) is 4.74 Å². The molecule has 0 bridgehead atoms. The Bertz CT molecular complexity index is 453. The molecule has 0 aliphatic carbocycles. The molecule has 1 N–H and O–H groups in total. The molecule has 0 aliphatic rings. The van der Waals surface area contributed by atoms with Gasteiger partial charge >= 0.3 is 5.97 Å². The molecule has 1 aromatic heterocycles. The topological polar surface area (TPSA) is 72.5 Å². The van der Waals surface area contributed by atoms with Crippen LogP contribution in [-0.2, 0) is 19.6 Å². The first-order valence-electron chi connectivity index (χ1n) is 5.75. The van der Waals surface area contributed by atoms with Gasteiger partial charge in [-0.3, -0.25) is 4.79 Å². The highest BCUT2D eigenvalue weighted by molar-refractivity contribution is 7.91. The summed E-state index contributed by atoms with van der Waals surface area (Å²) in [5, 5.41) is 1.69. The zero-order valence-corrected chi connectivity index (χ0v) is 11.9. The average Bonchev–Trinajstić information content (AvgIpc) is 2.83. The standard InChI is InChI=1S/C11H17NO4S2/c1-2-3-8-16-10(13)6-7-12-18(14,15)11-5-4-9-17-11/h4-5,9,12H,2-3,6-8H2,1H3. The van der Waals surface area contributed by atoms with E-state index in [0.717, 1.165) is 24.2 Å². The Morgan fingerprint density at radius 1 is 1.50 bits per heavy atom. The maximum Gasteiger partial charge on any atom is 0.307 e. The van der Waals surface area contributed by atoms with Gasteiger partial charge < -0.3 is 4.74 Å². The Balaban J connectivity index is 2.27. The molecule has 0 unspecified atom stereocenters. The lowest BCUT2D eigenvalue weighted by atomic mass is 10.3. The highest BCUT2D eigenvalue weighted by Crippen LogP contribution is 2.14. The largest absolute Gasteiger partial charge is 0.466 e. The van der Waals surface area contributed by atoms with Crippen LogP contribution < -0.4 is 4.72 Å². The van der Waals surface area contributed by atoms with E-state index in [1.807, 2.05) is 6.92 Å². The Labute approximate surface area is 111 Å². The van der Waals surface area contributed by atoms with Crippen molar-refractivity contribution < 1.29 is 17.9 Å². The maximum absolute atomic E-state index is 11.7. The minimum atomic E-state index is -3.48. The van der Waals surface area contributed by atoms with E-state index in [-0.39, 0.29) is 23.1 Å².